The molecule has 5 heteroatoms. The summed E-state index contributed by atoms with van der Waals surface area (Å²) in [6.07, 6.45) is 0. The van der Waals surface area contributed by atoms with Gasteiger partial charge in [-0.1, -0.05) is 18.2 Å². The largest absolute Gasteiger partial charge is 0.473 e. The minimum absolute atomic E-state index is 0.102. The van der Waals surface area contributed by atoms with E-state index in [0.29, 0.717) is 17.1 Å². The Morgan fingerprint density at radius 2 is 1.74 bits per heavy atom. The first kappa shape index (κ1) is 12.8. The Kier molecular flexibility index (Phi) is 4.23. The van der Waals surface area contributed by atoms with Crippen LogP contribution in [0.15, 0.2) is 54.6 Å². The molecule has 19 heavy (non-hydrogen) atoms. The fourth-order valence-corrected chi connectivity index (χ4v) is 1.44. The average Bonchev–Trinajstić information content (AvgIpc) is 2.43. The number of hydrogen-bond acceptors (Lipinski definition) is 3. The number of nitrogens with one attached hydrogen (secondary N) is 2. The molecule has 0 radical (unpaired) electrons. The quantitative estimate of drug-likeness (QED) is 0.581. The maximum Gasteiger partial charge on any atom is 0.321 e. The van der Waals surface area contributed by atoms with Crippen molar-refractivity contribution in [3.63, 3.8) is 0 Å². The molecule has 5 nitrogen and oxygen atoms in total. The molecule has 0 saturated carbocycles. The van der Waals surface area contributed by atoms with Crippen molar-refractivity contribution in [2.75, 3.05) is 17.8 Å². The van der Waals surface area contributed by atoms with Crippen LogP contribution in [0.1, 0.15) is 0 Å². The van der Waals surface area contributed by atoms with E-state index in [2.05, 4.69) is 10.6 Å². The molecule has 0 aliphatic heterocycles. The summed E-state index contributed by atoms with van der Waals surface area (Å²) in [4.78, 5) is 11.6. The van der Waals surface area contributed by atoms with Gasteiger partial charge in [0.25, 0.3) is 0 Å². The lowest BCUT2D eigenvalue weighted by molar-refractivity contribution is 0.234. The third-order valence-electron chi connectivity index (χ3n) is 2.38. The Morgan fingerprint density at radius 1 is 1.05 bits per heavy atom. The monoisotopic (exact) mass is 257 g/mol. The van der Waals surface area contributed by atoms with Gasteiger partial charge in [0.05, 0.1) is 0 Å². The molecular formula is C14H15N3O2. The highest BCUT2D eigenvalue weighted by molar-refractivity contribution is 5.89. The highest BCUT2D eigenvalue weighted by Gasteiger charge is 2.00. The van der Waals surface area contributed by atoms with Crippen LogP contribution in [-0.4, -0.2) is 12.8 Å². The zero-order valence-electron chi connectivity index (χ0n) is 10.3. The van der Waals surface area contributed by atoms with Crippen LogP contribution < -0.4 is 21.1 Å². The third kappa shape index (κ3) is 4.23. The summed E-state index contributed by atoms with van der Waals surface area (Å²) in [5, 5.41) is 5.26. The van der Waals surface area contributed by atoms with E-state index in [-0.39, 0.29) is 12.8 Å². The van der Waals surface area contributed by atoms with E-state index in [1.165, 1.54) is 0 Å². The lowest BCUT2D eigenvalue weighted by Gasteiger charge is -2.09. The summed E-state index contributed by atoms with van der Waals surface area (Å²) >= 11 is 0. The minimum atomic E-state index is -0.333. The Bertz CT molecular complexity index is 526. The predicted octanol–water partition coefficient (Wildman–Crippen LogP) is 2.43. The molecule has 0 heterocycles. The average molecular weight is 257 g/mol. The van der Waals surface area contributed by atoms with Gasteiger partial charge in [0.15, 0.2) is 6.73 Å². The number of benzene rings is 2. The lowest BCUT2D eigenvalue weighted by atomic mass is 10.3. The SMILES string of the molecule is Nc1ccc(NC(=O)NCOc2ccccc2)cc1. The fourth-order valence-electron chi connectivity index (χ4n) is 1.44. The van der Waals surface area contributed by atoms with E-state index in [4.69, 9.17) is 10.5 Å². The third-order valence-corrected chi connectivity index (χ3v) is 2.38. The summed E-state index contributed by atoms with van der Waals surface area (Å²) in [5.41, 5.74) is 6.88. The Hall–Kier alpha value is -2.69. The van der Waals surface area contributed by atoms with Gasteiger partial charge in [0.1, 0.15) is 5.75 Å². The maximum atomic E-state index is 11.6. The summed E-state index contributed by atoms with van der Waals surface area (Å²) in [5.74, 6) is 0.704. The van der Waals surface area contributed by atoms with Crippen LogP contribution in [0.25, 0.3) is 0 Å². The molecule has 0 fully saturated rings. The molecule has 0 aromatic heterocycles. The maximum absolute atomic E-state index is 11.6. The van der Waals surface area contributed by atoms with Crippen LogP contribution in [0.3, 0.4) is 0 Å². The highest BCUT2D eigenvalue weighted by Crippen LogP contribution is 2.10. The van der Waals surface area contributed by atoms with Crippen molar-refractivity contribution < 1.29 is 9.53 Å². The van der Waals surface area contributed by atoms with Crippen LogP contribution >= 0.6 is 0 Å². The first-order valence-electron chi connectivity index (χ1n) is 5.82. The number of nitrogen functional groups attached to an aromatic ring is 1. The van der Waals surface area contributed by atoms with Gasteiger partial charge in [0.2, 0.25) is 0 Å². The molecule has 0 spiro atoms. The van der Waals surface area contributed by atoms with Gasteiger partial charge < -0.3 is 21.1 Å². The number of ether oxygens (including phenoxy) is 1. The molecule has 4 N–H and O–H groups in total. The van der Waals surface area contributed by atoms with Crippen LogP contribution in [-0.2, 0) is 0 Å². The number of amides is 2. The van der Waals surface area contributed by atoms with Gasteiger partial charge in [-0.25, -0.2) is 4.79 Å². The number of nitrogens with two attached hydrogens (primary N) is 1. The topological polar surface area (TPSA) is 76.4 Å². The van der Waals surface area contributed by atoms with E-state index in [0.717, 1.165) is 0 Å². The van der Waals surface area contributed by atoms with Crippen molar-refractivity contribution in [3.8, 4) is 5.75 Å². The number of carbonyl (C=O) groups is 1. The van der Waals surface area contributed by atoms with Crippen molar-refractivity contribution in [1.82, 2.24) is 5.32 Å². The zero-order valence-corrected chi connectivity index (χ0v) is 10.3. The summed E-state index contributed by atoms with van der Waals surface area (Å²) in [6, 6.07) is 15.8. The molecule has 98 valence electrons. The Labute approximate surface area is 111 Å². The summed E-state index contributed by atoms with van der Waals surface area (Å²) in [6.45, 7) is 0.102. The zero-order chi connectivity index (χ0) is 13.5. The molecule has 0 atom stereocenters. The van der Waals surface area contributed by atoms with Crippen LogP contribution in [0.2, 0.25) is 0 Å². The first-order chi connectivity index (χ1) is 9.24. The normalized spacial score (nSPS) is 9.68. The van der Waals surface area contributed by atoms with Gasteiger partial charge in [0, 0.05) is 11.4 Å². The standard InChI is InChI=1S/C14H15N3O2/c15-11-6-8-12(9-7-11)17-14(18)16-10-19-13-4-2-1-3-5-13/h1-9H,10,15H2,(H2,16,17,18). The number of rotatable bonds is 4. The lowest BCUT2D eigenvalue weighted by Crippen LogP contribution is -2.31. The Balaban J connectivity index is 1.74. The second-order valence-corrected chi connectivity index (χ2v) is 3.85. The summed E-state index contributed by atoms with van der Waals surface area (Å²) in [7, 11) is 0. The van der Waals surface area contributed by atoms with Gasteiger partial charge in [-0.05, 0) is 36.4 Å². The van der Waals surface area contributed by atoms with Crippen LogP contribution in [0.4, 0.5) is 16.2 Å². The number of para-hydroxylation sites is 1. The van der Waals surface area contributed by atoms with Crippen LogP contribution in [0, 0.1) is 0 Å². The van der Waals surface area contributed by atoms with Gasteiger partial charge in [-0.3, -0.25) is 0 Å². The number of carbonyl (C=O) groups excluding carboxylic acids is 1. The molecule has 0 unspecified atom stereocenters. The van der Waals surface area contributed by atoms with Gasteiger partial charge in [-0.15, -0.1) is 0 Å². The Morgan fingerprint density at radius 3 is 2.42 bits per heavy atom. The van der Waals surface area contributed by atoms with Gasteiger partial charge in [-0.2, -0.15) is 0 Å². The highest BCUT2D eigenvalue weighted by atomic mass is 16.5. The van der Waals surface area contributed by atoms with Crippen molar-refractivity contribution >= 4 is 17.4 Å². The number of urea groups is 1. The van der Waals surface area contributed by atoms with E-state index in [1.54, 1.807) is 24.3 Å². The number of anilines is 2. The minimum Gasteiger partial charge on any atom is -0.473 e. The van der Waals surface area contributed by atoms with E-state index in [1.807, 2.05) is 30.3 Å². The smallest absolute Gasteiger partial charge is 0.321 e. The van der Waals surface area contributed by atoms with Gasteiger partial charge >= 0.3 is 6.03 Å². The molecular weight excluding hydrogens is 242 g/mol. The molecule has 0 bridgehead atoms. The molecule has 0 aliphatic rings. The molecule has 0 aliphatic carbocycles. The van der Waals surface area contributed by atoms with E-state index >= 15 is 0 Å². The first-order valence-corrected chi connectivity index (χ1v) is 5.82. The van der Waals surface area contributed by atoms with Crippen molar-refractivity contribution in [3.05, 3.63) is 54.6 Å². The fraction of sp³-hybridized carbons (Fsp3) is 0.0714. The molecule has 2 aromatic carbocycles. The number of hydrogen-bond donors (Lipinski definition) is 3. The van der Waals surface area contributed by atoms with Crippen molar-refractivity contribution in [2.45, 2.75) is 0 Å². The van der Waals surface area contributed by atoms with E-state index in [9.17, 15) is 4.79 Å². The molecule has 2 aromatic rings. The van der Waals surface area contributed by atoms with Crippen molar-refractivity contribution in [1.29, 1.82) is 0 Å². The van der Waals surface area contributed by atoms with Crippen molar-refractivity contribution in [2.24, 2.45) is 0 Å². The summed E-state index contributed by atoms with van der Waals surface area (Å²) < 4.78 is 5.34. The van der Waals surface area contributed by atoms with E-state index < -0.39 is 0 Å². The molecule has 2 amide bonds. The molecule has 0 saturated heterocycles. The second-order valence-electron chi connectivity index (χ2n) is 3.85. The predicted molar refractivity (Wildman–Crippen MR) is 74.9 cm³/mol. The molecule has 2 rings (SSSR count). The second kappa shape index (κ2) is 6.30. The van der Waals surface area contributed by atoms with Crippen LogP contribution in [0.5, 0.6) is 5.75 Å².